The molecule has 2 heterocycles. The lowest BCUT2D eigenvalue weighted by molar-refractivity contribution is -0.118. The van der Waals surface area contributed by atoms with Crippen LogP contribution < -0.4 is 4.90 Å². The van der Waals surface area contributed by atoms with Gasteiger partial charge in [-0.1, -0.05) is 23.5 Å². The minimum atomic E-state index is -3.58. The Hall–Kier alpha value is -2.40. The second-order valence-electron chi connectivity index (χ2n) is 8.19. The molecule has 34 heavy (non-hydrogen) atoms. The number of hydrogen-bond acceptors (Lipinski definition) is 7. The number of aromatic nitrogens is 1. The first-order valence-corrected chi connectivity index (χ1v) is 13.8. The van der Waals surface area contributed by atoms with Gasteiger partial charge in [0.1, 0.15) is 5.82 Å². The molecule has 1 aliphatic heterocycles. The summed E-state index contributed by atoms with van der Waals surface area (Å²) in [6.45, 7) is 4.59. The third kappa shape index (κ3) is 6.38. The van der Waals surface area contributed by atoms with Crippen LogP contribution in [0.1, 0.15) is 19.3 Å². The standard InChI is InChI=1S/C24H28FN3O4S2/c25-19-8-10-20(11-9-19)34(30,31)18-3-7-23(29)28(13-4-12-27-14-16-32-17-15-27)24-26-21-5-1-2-6-22(21)33-24/h1-2,5-6,8-11H,3-4,7,12-18H2. The Morgan fingerprint density at radius 3 is 2.56 bits per heavy atom. The lowest BCUT2D eigenvalue weighted by Gasteiger charge is -2.27. The first kappa shape index (κ1) is 24.7. The molecular formula is C24H28FN3O4S2. The van der Waals surface area contributed by atoms with Gasteiger partial charge in [-0.05, 0) is 49.2 Å². The van der Waals surface area contributed by atoms with Gasteiger partial charge < -0.3 is 4.74 Å². The number of halogens is 1. The van der Waals surface area contributed by atoms with Crippen LogP contribution in [0.5, 0.6) is 0 Å². The zero-order valence-corrected chi connectivity index (χ0v) is 20.5. The molecule has 1 fully saturated rings. The number of thiazole rings is 1. The van der Waals surface area contributed by atoms with Crippen molar-refractivity contribution in [2.45, 2.75) is 24.2 Å². The third-order valence-corrected chi connectivity index (χ3v) is 8.63. The first-order valence-electron chi connectivity index (χ1n) is 11.4. The predicted octanol–water partition coefficient (Wildman–Crippen LogP) is 3.74. The molecule has 4 rings (SSSR count). The minimum Gasteiger partial charge on any atom is -0.379 e. The topological polar surface area (TPSA) is 79.8 Å². The van der Waals surface area contributed by atoms with E-state index in [0.29, 0.717) is 11.7 Å². The molecule has 0 saturated carbocycles. The first-order chi connectivity index (χ1) is 16.4. The Kier molecular flexibility index (Phi) is 8.25. The van der Waals surface area contributed by atoms with Crippen LogP contribution in [0.25, 0.3) is 10.2 Å². The van der Waals surface area contributed by atoms with Crippen LogP contribution in [-0.4, -0.2) is 69.4 Å². The number of ether oxygens (including phenoxy) is 1. The number of amides is 1. The van der Waals surface area contributed by atoms with Gasteiger partial charge in [-0.25, -0.2) is 17.8 Å². The highest BCUT2D eigenvalue weighted by Crippen LogP contribution is 2.29. The molecule has 0 aliphatic carbocycles. The molecule has 0 radical (unpaired) electrons. The van der Waals surface area contributed by atoms with Crippen molar-refractivity contribution in [3.63, 3.8) is 0 Å². The quantitative estimate of drug-likeness (QED) is 0.391. The lowest BCUT2D eigenvalue weighted by Crippen LogP contribution is -2.39. The van der Waals surface area contributed by atoms with Gasteiger partial charge in [0.2, 0.25) is 5.91 Å². The second kappa shape index (κ2) is 11.4. The van der Waals surface area contributed by atoms with Crippen LogP contribution in [0, 0.1) is 5.82 Å². The number of para-hydroxylation sites is 1. The third-order valence-electron chi connectivity index (χ3n) is 5.75. The zero-order valence-electron chi connectivity index (χ0n) is 18.9. The van der Waals surface area contributed by atoms with Gasteiger partial charge in [-0.3, -0.25) is 14.6 Å². The van der Waals surface area contributed by atoms with Gasteiger partial charge in [0.25, 0.3) is 0 Å². The number of sulfone groups is 1. The monoisotopic (exact) mass is 505 g/mol. The number of rotatable bonds is 10. The van der Waals surface area contributed by atoms with E-state index in [9.17, 15) is 17.6 Å². The minimum absolute atomic E-state index is 0.0647. The van der Waals surface area contributed by atoms with E-state index in [-0.39, 0.29) is 29.4 Å². The van der Waals surface area contributed by atoms with Crippen molar-refractivity contribution in [1.82, 2.24) is 9.88 Å². The maximum absolute atomic E-state index is 13.2. The van der Waals surface area contributed by atoms with Crippen molar-refractivity contribution in [2.75, 3.05) is 50.0 Å². The van der Waals surface area contributed by atoms with Gasteiger partial charge >= 0.3 is 0 Å². The van der Waals surface area contributed by atoms with Crippen LogP contribution in [-0.2, 0) is 19.4 Å². The Morgan fingerprint density at radius 1 is 1.09 bits per heavy atom. The molecule has 7 nitrogen and oxygen atoms in total. The van der Waals surface area contributed by atoms with Crippen LogP contribution in [0.2, 0.25) is 0 Å². The number of morpholine rings is 1. The van der Waals surface area contributed by atoms with Crippen molar-refractivity contribution in [1.29, 1.82) is 0 Å². The Bertz CT molecular complexity index is 1180. The van der Waals surface area contributed by atoms with Crippen molar-refractivity contribution in [2.24, 2.45) is 0 Å². The van der Waals surface area contributed by atoms with Crippen LogP contribution in [0.4, 0.5) is 9.52 Å². The number of benzene rings is 2. The predicted molar refractivity (Wildman–Crippen MR) is 132 cm³/mol. The summed E-state index contributed by atoms with van der Waals surface area (Å²) in [5.74, 6) is -0.806. The summed E-state index contributed by atoms with van der Waals surface area (Å²) in [4.78, 5) is 21.9. The maximum Gasteiger partial charge on any atom is 0.228 e. The van der Waals surface area contributed by atoms with Gasteiger partial charge in [-0.15, -0.1) is 0 Å². The highest BCUT2D eigenvalue weighted by atomic mass is 32.2. The summed E-state index contributed by atoms with van der Waals surface area (Å²) in [7, 11) is -3.58. The fraction of sp³-hybridized carbons (Fsp3) is 0.417. The fourth-order valence-electron chi connectivity index (χ4n) is 3.89. The van der Waals surface area contributed by atoms with E-state index in [4.69, 9.17) is 4.74 Å². The molecule has 1 saturated heterocycles. The van der Waals surface area contributed by atoms with Crippen molar-refractivity contribution in [3.8, 4) is 0 Å². The Morgan fingerprint density at radius 2 is 1.82 bits per heavy atom. The Labute approximate surface area is 203 Å². The zero-order chi connectivity index (χ0) is 24.0. The Balaban J connectivity index is 1.40. The summed E-state index contributed by atoms with van der Waals surface area (Å²) in [5, 5.41) is 0.634. The second-order valence-corrected chi connectivity index (χ2v) is 11.3. The van der Waals surface area contributed by atoms with E-state index in [1.165, 1.54) is 23.5 Å². The lowest BCUT2D eigenvalue weighted by atomic mass is 10.2. The molecule has 0 N–H and O–H groups in total. The van der Waals surface area contributed by atoms with E-state index in [2.05, 4.69) is 9.88 Å². The number of carbonyl (C=O) groups is 1. The molecule has 0 atom stereocenters. The van der Waals surface area contributed by atoms with Gasteiger partial charge in [0, 0.05) is 32.6 Å². The average Bonchev–Trinajstić information content (AvgIpc) is 3.26. The largest absolute Gasteiger partial charge is 0.379 e. The molecule has 1 amide bonds. The summed E-state index contributed by atoms with van der Waals surface area (Å²) >= 11 is 1.46. The SMILES string of the molecule is O=C(CCCS(=O)(=O)c1ccc(F)cc1)N(CCCN1CCOCC1)c1nc2ccccc2s1. The van der Waals surface area contributed by atoms with Crippen molar-refractivity contribution in [3.05, 3.63) is 54.3 Å². The summed E-state index contributed by atoms with van der Waals surface area (Å²) in [5.41, 5.74) is 0.840. The molecule has 0 unspecified atom stereocenters. The van der Waals surface area contributed by atoms with E-state index >= 15 is 0 Å². The van der Waals surface area contributed by atoms with E-state index < -0.39 is 15.7 Å². The normalized spacial score (nSPS) is 15.0. The van der Waals surface area contributed by atoms with Gasteiger partial charge in [0.05, 0.1) is 34.1 Å². The molecule has 0 spiro atoms. The van der Waals surface area contributed by atoms with Gasteiger partial charge in [-0.2, -0.15) is 0 Å². The molecular weight excluding hydrogens is 477 g/mol. The van der Waals surface area contributed by atoms with Gasteiger partial charge in [0.15, 0.2) is 15.0 Å². The average molecular weight is 506 g/mol. The van der Waals surface area contributed by atoms with Crippen molar-refractivity contribution < 1.29 is 22.3 Å². The number of nitrogens with zero attached hydrogens (tertiary/aromatic N) is 3. The highest BCUT2D eigenvalue weighted by Gasteiger charge is 2.22. The molecule has 2 aromatic carbocycles. The molecule has 1 aromatic heterocycles. The fourth-order valence-corrected chi connectivity index (χ4v) is 6.21. The molecule has 0 bridgehead atoms. The van der Waals surface area contributed by atoms with E-state index in [1.54, 1.807) is 4.90 Å². The van der Waals surface area contributed by atoms with E-state index in [0.717, 1.165) is 61.6 Å². The maximum atomic E-state index is 13.2. The number of anilines is 1. The van der Waals surface area contributed by atoms with E-state index in [1.807, 2.05) is 24.3 Å². The van der Waals surface area contributed by atoms with Crippen LogP contribution in [0.15, 0.2) is 53.4 Å². The summed E-state index contributed by atoms with van der Waals surface area (Å²) in [6, 6.07) is 12.5. The highest BCUT2D eigenvalue weighted by molar-refractivity contribution is 7.91. The number of hydrogen-bond donors (Lipinski definition) is 0. The molecule has 10 heteroatoms. The van der Waals surface area contributed by atoms with Crippen LogP contribution >= 0.6 is 11.3 Å². The summed E-state index contributed by atoms with van der Waals surface area (Å²) in [6.07, 6.45) is 1.06. The van der Waals surface area contributed by atoms with Crippen molar-refractivity contribution >= 4 is 42.4 Å². The molecule has 3 aromatic rings. The van der Waals surface area contributed by atoms with Crippen LogP contribution in [0.3, 0.4) is 0 Å². The molecule has 182 valence electrons. The smallest absolute Gasteiger partial charge is 0.228 e. The number of carbonyl (C=O) groups excluding carboxylic acids is 1. The number of fused-ring (bicyclic) bond motifs is 1. The summed E-state index contributed by atoms with van der Waals surface area (Å²) < 4.78 is 44.6. The molecule has 1 aliphatic rings.